The van der Waals surface area contributed by atoms with E-state index in [1.807, 2.05) is 12.1 Å². The fourth-order valence-electron chi connectivity index (χ4n) is 2.34. The van der Waals surface area contributed by atoms with Crippen molar-refractivity contribution < 1.29 is 14.3 Å². The van der Waals surface area contributed by atoms with Crippen LogP contribution >= 0.6 is 0 Å². The number of rotatable bonds is 5. The summed E-state index contributed by atoms with van der Waals surface area (Å²) >= 11 is 0. The Morgan fingerprint density at radius 2 is 1.95 bits per heavy atom. The summed E-state index contributed by atoms with van der Waals surface area (Å²) in [5.74, 6) is -1.21. The Morgan fingerprint density at radius 1 is 1.35 bits per heavy atom. The molecule has 0 saturated carbocycles. The van der Waals surface area contributed by atoms with E-state index in [4.69, 9.17) is 5.73 Å². The highest BCUT2D eigenvalue weighted by molar-refractivity contribution is 5.88. The van der Waals surface area contributed by atoms with Crippen LogP contribution in [0.15, 0.2) is 24.3 Å². The van der Waals surface area contributed by atoms with Crippen molar-refractivity contribution in [2.45, 2.75) is 38.3 Å². The maximum absolute atomic E-state index is 11.4. The number of fused-ring (bicyclic) bond motifs is 1. The van der Waals surface area contributed by atoms with Crippen LogP contribution in [0.25, 0.3) is 0 Å². The first-order valence-electron chi connectivity index (χ1n) is 6.86. The Morgan fingerprint density at radius 3 is 2.50 bits per heavy atom. The first-order chi connectivity index (χ1) is 9.56. The summed E-state index contributed by atoms with van der Waals surface area (Å²) in [5.41, 5.74) is 8.04. The number of hydrogen-bond acceptors (Lipinski definition) is 5. The monoisotopic (exact) mass is 276 g/mol. The molecule has 1 aliphatic rings. The average molecular weight is 276 g/mol. The Labute approximate surface area is 118 Å². The maximum Gasteiger partial charge on any atom is 0.330 e. The summed E-state index contributed by atoms with van der Waals surface area (Å²) in [7, 11) is 0. The first kappa shape index (κ1) is 14.7. The van der Waals surface area contributed by atoms with Gasteiger partial charge >= 0.3 is 11.9 Å². The van der Waals surface area contributed by atoms with Crippen molar-refractivity contribution in [3.63, 3.8) is 0 Å². The van der Waals surface area contributed by atoms with Gasteiger partial charge in [-0.1, -0.05) is 24.3 Å². The van der Waals surface area contributed by atoms with Crippen LogP contribution in [0.5, 0.6) is 0 Å². The molecular formula is C15H20N2O3. The third-order valence-electron chi connectivity index (χ3n) is 3.40. The lowest BCUT2D eigenvalue weighted by Crippen LogP contribution is -2.34. The molecule has 5 nitrogen and oxygen atoms in total. The zero-order valence-corrected chi connectivity index (χ0v) is 11.6. The minimum Gasteiger partial charge on any atom is -0.392 e. The second kappa shape index (κ2) is 6.63. The van der Waals surface area contributed by atoms with Gasteiger partial charge in [0.15, 0.2) is 0 Å². The van der Waals surface area contributed by atoms with Gasteiger partial charge in [-0.3, -0.25) is 4.79 Å². The van der Waals surface area contributed by atoms with Crippen LogP contribution in [0, 0.1) is 0 Å². The molecule has 20 heavy (non-hydrogen) atoms. The summed E-state index contributed by atoms with van der Waals surface area (Å²) < 4.78 is 4.60. The van der Waals surface area contributed by atoms with Gasteiger partial charge in [-0.05, 0) is 30.9 Å². The van der Waals surface area contributed by atoms with E-state index in [1.54, 1.807) is 0 Å². The van der Waals surface area contributed by atoms with Gasteiger partial charge in [0, 0.05) is 12.6 Å². The molecule has 3 N–H and O–H groups in total. The van der Waals surface area contributed by atoms with Gasteiger partial charge in [0.05, 0.1) is 6.42 Å². The molecule has 0 radical (unpaired) electrons. The number of carbonyl (C=O) groups is 2. The molecule has 0 amide bonds. The highest BCUT2D eigenvalue weighted by Crippen LogP contribution is 2.21. The fraction of sp³-hybridized carbons (Fsp3) is 0.467. The minimum absolute atomic E-state index is 0.172. The molecule has 1 atom stereocenters. The Balaban J connectivity index is 1.68. The number of carbonyl (C=O) groups excluding carboxylic acids is 2. The molecule has 0 unspecified atom stereocenters. The summed E-state index contributed by atoms with van der Waals surface area (Å²) in [6.45, 7) is 1.99. The zero-order chi connectivity index (χ0) is 14.5. The van der Waals surface area contributed by atoms with Gasteiger partial charge in [0.25, 0.3) is 0 Å². The predicted molar refractivity (Wildman–Crippen MR) is 75.0 cm³/mol. The van der Waals surface area contributed by atoms with E-state index < -0.39 is 18.0 Å². The molecule has 5 heteroatoms. The molecule has 108 valence electrons. The largest absolute Gasteiger partial charge is 0.392 e. The lowest BCUT2D eigenvalue weighted by atomic mass is 10.1. The maximum atomic E-state index is 11.4. The highest BCUT2D eigenvalue weighted by Gasteiger charge is 2.20. The molecule has 0 heterocycles. The van der Waals surface area contributed by atoms with E-state index in [-0.39, 0.29) is 6.42 Å². The second-order valence-electron chi connectivity index (χ2n) is 5.16. The number of hydrogen-bond donors (Lipinski definition) is 2. The van der Waals surface area contributed by atoms with Crippen molar-refractivity contribution >= 4 is 11.9 Å². The molecule has 0 aliphatic heterocycles. The van der Waals surface area contributed by atoms with Gasteiger partial charge in [-0.2, -0.15) is 0 Å². The lowest BCUT2D eigenvalue weighted by molar-refractivity contribution is -0.160. The SMILES string of the molecule is C[C@H](N)C(=O)OC(=O)CCNC1Cc2ccccc2C1. The molecule has 0 bridgehead atoms. The second-order valence-corrected chi connectivity index (χ2v) is 5.16. The molecule has 0 aromatic heterocycles. The number of nitrogens with two attached hydrogens (primary N) is 1. The van der Waals surface area contributed by atoms with Crippen LogP contribution in [0.1, 0.15) is 24.5 Å². The van der Waals surface area contributed by atoms with Crippen molar-refractivity contribution in [2.24, 2.45) is 5.73 Å². The lowest BCUT2D eigenvalue weighted by Gasteiger charge is -2.11. The average Bonchev–Trinajstić information content (AvgIpc) is 2.81. The number of ether oxygens (including phenoxy) is 1. The number of nitrogens with one attached hydrogen (secondary N) is 1. The normalized spacial score (nSPS) is 15.7. The number of benzene rings is 1. The summed E-state index contributed by atoms with van der Waals surface area (Å²) in [4.78, 5) is 22.5. The van der Waals surface area contributed by atoms with Gasteiger partial charge in [0.1, 0.15) is 6.04 Å². The standard InChI is InChI=1S/C15H20N2O3/c1-10(16)15(19)20-14(18)6-7-17-13-8-11-4-2-3-5-12(11)9-13/h2-5,10,13,17H,6-9,16H2,1H3/t10-/m0/s1. The number of esters is 2. The van der Waals surface area contributed by atoms with Crippen molar-refractivity contribution in [3.05, 3.63) is 35.4 Å². The third-order valence-corrected chi connectivity index (χ3v) is 3.40. The predicted octanol–water partition coefficient (Wildman–Crippen LogP) is 0.551. The first-order valence-corrected chi connectivity index (χ1v) is 6.86. The summed E-state index contributed by atoms with van der Waals surface area (Å²) in [6, 6.07) is 7.93. The molecule has 1 aromatic rings. The minimum atomic E-state index is -0.767. The molecule has 0 saturated heterocycles. The summed E-state index contributed by atoms with van der Waals surface area (Å²) in [6.07, 6.45) is 2.12. The topological polar surface area (TPSA) is 81.4 Å². The van der Waals surface area contributed by atoms with Crippen molar-refractivity contribution in [2.75, 3.05) is 6.54 Å². The van der Waals surface area contributed by atoms with Crippen molar-refractivity contribution in [1.29, 1.82) is 0 Å². The van der Waals surface area contributed by atoms with Crippen LogP contribution in [-0.2, 0) is 27.2 Å². The van der Waals surface area contributed by atoms with E-state index in [2.05, 4.69) is 22.2 Å². The van der Waals surface area contributed by atoms with Crippen molar-refractivity contribution in [1.82, 2.24) is 5.32 Å². The van der Waals surface area contributed by atoms with Gasteiger partial charge < -0.3 is 15.8 Å². The van der Waals surface area contributed by atoms with Gasteiger partial charge in [0.2, 0.25) is 0 Å². The van der Waals surface area contributed by atoms with Crippen molar-refractivity contribution in [3.8, 4) is 0 Å². The van der Waals surface area contributed by atoms with Crippen LogP contribution in [0.2, 0.25) is 0 Å². The van der Waals surface area contributed by atoms with E-state index in [0.717, 1.165) is 12.8 Å². The van der Waals surface area contributed by atoms with E-state index in [9.17, 15) is 9.59 Å². The van der Waals surface area contributed by atoms with Gasteiger partial charge in [-0.25, -0.2) is 4.79 Å². The van der Waals surface area contributed by atoms with Crippen LogP contribution in [0.3, 0.4) is 0 Å². The molecule has 1 aliphatic carbocycles. The van der Waals surface area contributed by atoms with Crippen LogP contribution in [0.4, 0.5) is 0 Å². The zero-order valence-electron chi connectivity index (χ0n) is 11.6. The van der Waals surface area contributed by atoms with E-state index in [1.165, 1.54) is 18.1 Å². The van der Waals surface area contributed by atoms with Crippen LogP contribution < -0.4 is 11.1 Å². The molecule has 1 aromatic carbocycles. The summed E-state index contributed by atoms with van der Waals surface area (Å²) in [5, 5.41) is 3.32. The Kier molecular flexibility index (Phi) is 4.87. The fourth-order valence-corrected chi connectivity index (χ4v) is 2.34. The van der Waals surface area contributed by atoms with Gasteiger partial charge in [-0.15, -0.1) is 0 Å². The molecular weight excluding hydrogens is 256 g/mol. The Hall–Kier alpha value is -1.72. The van der Waals surface area contributed by atoms with E-state index >= 15 is 0 Å². The molecule has 0 fully saturated rings. The quantitative estimate of drug-likeness (QED) is 0.606. The Bertz CT molecular complexity index is 475. The molecule has 0 spiro atoms. The third kappa shape index (κ3) is 3.88. The smallest absolute Gasteiger partial charge is 0.330 e. The highest BCUT2D eigenvalue weighted by atomic mass is 16.6. The molecule has 2 rings (SSSR count). The van der Waals surface area contributed by atoms with Crippen LogP contribution in [-0.4, -0.2) is 30.6 Å². The van der Waals surface area contributed by atoms with E-state index in [0.29, 0.717) is 12.6 Å².